The van der Waals surface area contributed by atoms with Crippen LogP contribution < -0.4 is 0 Å². The highest BCUT2D eigenvalue weighted by Gasteiger charge is 2.58. The molecular weight excluding hydrogens is 220 g/mol. The zero-order valence-corrected chi connectivity index (χ0v) is 12.5. The standard InChI is InChI=1S/C17H28O/c1-6-14(18)13-7-9-17(10-8-13)12-11-15(2,3)16(17,4)5/h6,13H,1,7-12H2,2-5H3. The maximum Gasteiger partial charge on any atom is 0.158 e. The third kappa shape index (κ3) is 1.78. The van der Waals surface area contributed by atoms with Crippen LogP contribution in [0.3, 0.4) is 0 Å². The van der Waals surface area contributed by atoms with Crippen molar-refractivity contribution in [1.82, 2.24) is 0 Å². The van der Waals surface area contributed by atoms with Gasteiger partial charge >= 0.3 is 0 Å². The summed E-state index contributed by atoms with van der Waals surface area (Å²) in [7, 11) is 0. The number of hydrogen-bond donors (Lipinski definition) is 0. The fourth-order valence-corrected chi connectivity index (χ4v) is 4.39. The highest BCUT2D eigenvalue weighted by Crippen LogP contribution is 2.67. The van der Waals surface area contributed by atoms with Gasteiger partial charge in [-0.15, -0.1) is 0 Å². The van der Waals surface area contributed by atoms with Crippen LogP contribution in [-0.4, -0.2) is 5.78 Å². The van der Waals surface area contributed by atoms with Gasteiger partial charge in [0.25, 0.3) is 0 Å². The minimum absolute atomic E-state index is 0.257. The Balaban J connectivity index is 2.14. The number of rotatable bonds is 2. The Morgan fingerprint density at radius 1 is 1.06 bits per heavy atom. The van der Waals surface area contributed by atoms with Crippen molar-refractivity contribution in [3.63, 3.8) is 0 Å². The Hall–Kier alpha value is -0.590. The molecule has 102 valence electrons. The van der Waals surface area contributed by atoms with Crippen molar-refractivity contribution in [3.8, 4) is 0 Å². The van der Waals surface area contributed by atoms with Gasteiger partial charge in [0.05, 0.1) is 0 Å². The second kappa shape index (κ2) is 4.21. The summed E-state index contributed by atoms with van der Waals surface area (Å²) in [6.07, 6.45) is 8.81. The zero-order valence-electron chi connectivity index (χ0n) is 12.5. The molecule has 0 aromatic carbocycles. The van der Waals surface area contributed by atoms with E-state index in [2.05, 4.69) is 34.3 Å². The average Bonchev–Trinajstić information content (AvgIpc) is 2.51. The third-order valence-electron chi connectivity index (χ3n) is 6.79. The number of ketones is 1. The summed E-state index contributed by atoms with van der Waals surface area (Å²) >= 11 is 0. The number of allylic oxidation sites excluding steroid dienone is 1. The van der Waals surface area contributed by atoms with E-state index >= 15 is 0 Å². The van der Waals surface area contributed by atoms with Crippen LogP contribution in [0.4, 0.5) is 0 Å². The van der Waals surface area contributed by atoms with E-state index in [-0.39, 0.29) is 11.7 Å². The zero-order chi connectivity index (χ0) is 13.6. The summed E-state index contributed by atoms with van der Waals surface area (Å²) in [5, 5.41) is 0. The molecule has 0 unspecified atom stereocenters. The summed E-state index contributed by atoms with van der Waals surface area (Å²) in [6, 6.07) is 0. The Bertz CT molecular complexity index is 354. The van der Waals surface area contributed by atoms with Crippen molar-refractivity contribution in [3.05, 3.63) is 12.7 Å². The van der Waals surface area contributed by atoms with Crippen LogP contribution in [0.2, 0.25) is 0 Å². The van der Waals surface area contributed by atoms with Crippen LogP contribution in [0.15, 0.2) is 12.7 Å². The molecule has 1 nitrogen and oxygen atoms in total. The van der Waals surface area contributed by atoms with Gasteiger partial charge in [-0.2, -0.15) is 0 Å². The van der Waals surface area contributed by atoms with E-state index in [9.17, 15) is 4.79 Å². The molecule has 0 atom stereocenters. The Morgan fingerprint density at radius 3 is 2.00 bits per heavy atom. The molecule has 0 bridgehead atoms. The van der Waals surface area contributed by atoms with Gasteiger partial charge in [0.1, 0.15) is 0 Å². The lowest BCUT2D eigenvalue weighted by atomic mass is 9.54. The summed E-state index contributed by atoms with van der Waals surface area (Å²) in [6.45, 7) is 13.4. The second-order valence-electron chi connectivity index (χ2n) is 7.67. The number of hydrogen-bond acceptors (Lipinski definition) is 1. The molecule has 2 rings (SSSR count). The normalized spacial score (nSPS) is 37.7. The molecule has 0 amide bonds. The van der Waals surface area contributed by atoms with Gasteiger partial charge in [0.15, 0.2) is 5.78 Å². The van der Waals surface area contributed by atoms with E-state index in [4.69, 9.17) is 0 Å². The predicted octanol–water partition coefficient (Wildman–Crippen LogP) is 4.76. The molecule has 2 saturated carbocycles. The van der Waals surface area contributed by atoms with E-state index in [0.29, 0.717) is 16.2 Å². The lowest BCUT2D eigenvalue weighted by molar-refractivity contribution is -0.121. The molecule has 0 aliphatic heterocycles. The minimum atomic E-state index is 0.257. The summed E-state index contributed by atoms with van der Waals surface area (Å²) in [5.41, 5.74) is 1.30. The molecule has 18 heavy (non-hydrogen) atoms. The molecule has 0 heterocycles. The average molecular weight is 248 g/mol. The summed E-state index contributed by atoms with van der Waals surface area (Å²) in [4.78, 5) is 11.7. The van der Waals surface area contributed by atoms with Crippen LogP contribution in [0.25, 0.3) is 0 Å². The van der Waals surface area contributed by atoms with Crippen molar-refractivity contribution < 1.29 is 4.79 Å². The van der Waals surface area contributed by atoms with Gasteiger partial charge in [-0.25, -0.2) is 0 Å². The van der Waals surface area contributed by atoms with E-state index in [1.54, 1.807) is 0 Å². The first-order valence-corrected chi connectivity index (χ1v) is 7.42. The van der Waals surface area contributed by atoms with Crippen molar-refractivity contribution in [2.24, 2.45) is 22.2 Å². The lowest BCUT2D eigenvalue weighted by Gasteiger charge is -2.51. The number of carbonyl (C=O) groups excluding carboxylic acids is 1. The quantitative estimate of drug-likeness (QED) is 0.644. The highest BCUT2D eigenvalue weighted by molar-refractivity contribution is 5.91. The van der Waals surface area contributed by atoms with Crippen molar-refractivity contribution >= 4 is 5.78 Å². The summed E-state index contributed by atoms with van der Waals surface area (Å²) in [5.74, 6) is 0.521. The fourth-order valence-electron chi connectivity index (χ4n) is 4.39. The third-order valence-corrected chi connectivity index (χ3v) is 6.79. The van der Waals surface area contributed by atoms with Crippen molar-refractivity contribution in [1.29, 1.82) is 0 Å². The molecule has 0 N–H and O–H groups in total. The molecule has 2 aliphatic carbocycles. The smallest absolute Gasteiger partial charge is 0.158 e. The van der Waals surface area contributed by atoms with Gasteiger partial charge < -0.3 is 0 Å². The first kappa shape index (κ1) is 13.8. The largest absolute Gasteiger partial charge is 0.295 e. The first-order chi connectivity index (χ1) is 8.26. The molecule has 2 fully saturated rings. The molecule has 0 aromatic heterocycles. The van der Waals surface area contributed by atoms with Crippen LogP contribution >= 0.6 is 0 Å². The molecule has 0 radical (unpaired) electrons. The molecule has 2 aliphatic rings. The highest BCUT2D eigenvalue weighted by atomic mass is 16.1. The fraction of sp³-hybridized carbons (Fsp3) is 0.824. The Morgan fingerprint density at radius 2 is 1.61 bits per heavy atom. The minimum Gasteiger partial charge on any atom is -0.295 e. The molecule has 0 saturated heterocycles. The predicted molar refractivity (Wildman–Crippen MR) is 76.4 cm³/mol. The monoisotopic (exact) mass is 248 g/mol. The van der Waals surface area contributed by atoms with Gasteiger partial charge in [0.2, 0.25) is 0 Å². The van der Waals surface area contributed by atoms with E-state index in [0.717, 1.165) is 12.8 Å². The van der Waals surface area contributed by atoms with Crippen molar-refractivity contribution in [2.45, 2.75) is 66.2 Å². The SMILES string of the molecule is C=CC(=O)C1CCC2(CC1)CCC(C)(C)C2(C)C. The van der Waals surface area contributed by atoms with Gasteiger partial charge in [-0.05, 0) is 60.8 Å². The van der Waals surface area contributed by atoms with Gasteiger partial charge in [-0.1, -0.05) is 34.3 Å². The topological polar surface area (TPSA) is 17.1 Å². The Kier molecular flexibility index (Phi) is 3.24. The summed E-state index contributed by atoms with van der Waals surface area (Å²) < 4.78 is 0. The van der Waals surface area contributed by atoms with E-state index in [1.807, 2.05) is 0 Å². The van der Waals surface area contributed by atoms with Crippen molar-refractivity contribution in [2.75, 3.05) is 0 Å². The van der Waals surface area contributed by atoms with Crippen LogP contribution in [0.5, 0.6) is 0 Å². The lowest BCUT2D eigenvalue weighted by Crippen LogP contribution is -2.43. The molecule has 1 spiro atoms. The van der Waals surface area contributed by atoms with Crippen LogP contribution in [0.1, 0.15) is 66.2 Å². The Labute approximate surface area is 112 Å². The maximum atomic E-state index is 11.7. The van der Waals surface area contributed by atoms with Gasteiger partial charge in [0, 0.05) is 5.92 Å². The van der Waals surface area contributed by atoms with Crippen LogP contribution in [0, 0.1) is 22.2 Å². The van der Waals surface area contributed by atoms with E-state index in [1.165, 1.54) is 31.8 Å². The molecule has 0 aromatic rings. The molecular formula is C17H28O. The van der Waals surface area contributed by atoms with E-state index < -0.39 is 0 Å². The number of carbonyl (C=O) groups is 1. The second-order valence-corrected chi connectivity index (χ2v) is 7.67. The molecule has 1 heteroatoms. The van der Waals surface area contributed by atoms with Crippen LogP contribution in [-0.2, 0) is 4.79 Å². The van der Waals surface area contributed by atoms with Gasteiger partial charge in [-0.3, -0.25) is 4.79 Å². The first-order valence-electron chi connectivity index (χ1n) is 7.42. The maximum absolute atomic E-state index is 11.7.